The van der Waals surface area contributed by atoms with Crippen molar-refractivity contribution in [2.75, 3.05) is 39.4 Å². The van der Waals surface area contributed by atoms with Crippen LogP contribution in [0.4, 0.5) is 0 Å². The SMILES string of the molecule is O=C(N1CCO[C@@H](CN2CCCC2)[C@@H]1c1ccccc1)C1(CO)CC1. The molecule has 1 N–H and O–H groups in total. The lowest BCUT2D eigenvalue weighted by Crippen LogP contribution is -2.53. The summed E-state index contributed by atoms with van der Waals surface area (Å²) in [6.45, 7) is 4.26. The Morgan fingerprint density at radius 1 is 1.16 bits per heavy atom. The van der Waals surface area contributed by atoms with Crippen LogP contribution in [0.1, 0.15) is 37.3 Å². The first-order valence-corrected chi connectivity index (χ1v) is 9.54. The van der Waals surface area contributed by atoms with Gasteiger partial charge in [-0.15, -0.1) is 0 Å². The molecule has 0 radical (unpaired) electrons. The normalized spacial score (nSPS) is 28.9. The van der Waals surface area contributed by atoms with Crippen LogP contribution in [0, 0.1) is 5.41 Å². The van der Waals surface area contributed by atoms with E-state index in [2.05, 4.69) is 17.0 Å². The van der Waals surface area contributed by atoms with Gasteiger partial charge in [-0.2, -0.15) is 0 Å². The molecule has 3 aliphatic rings. The third kappa shape index (κ3) is 3.33. The summed E-state index contributed by atoms with van der Waals surface area (Å²) in [5.74, 6) is 0.110. The fourth-order valence-electron chi connectivity index (χ4n) is 4.27. The van der Waals surface area contributed by atoms with Gasteiger partial charge in [0.25, 0.3) is 0 Å². The van der Waals surface area contributed by atoms with Gasteiger partial charge in [-0.25, -0.2) is 0 Å². The van der Waals surface area contributed by atoms with Gasteiger partial charge in [-0.3, -0.25) is 4.79 Å². The number of amides is 1. The van der Waals surface area contributed by atoms with Crippen LogP contribution in [0.5, 0.6) is 0 Å². The molecule has 1 aromatic rings. The number of rotatable bonds is 5. The predicted octanol–water partition coefficient (Wildman–Crippen LogP) is 1.82. The van der Waals surface area contributed by atoms with Crippen molar-refractivity contribution < 1.29 is 14.6 Å². The van der Waals surface area contributed by atoms with Crippen molar-refractivity contribution in [3.8, 4) is 0 Å². The fourth-order valence-corrected chi connectivity index (χ4v) is 4.27. The van der Waals surface area contributed by atoms with E-state index in [1.165, 1.54) is 12.8 Å². The number of likely N-dealkylation sites (tertiary alicyclic amines) is 1. The molecule has 3 fully saturated rings. The molecule has 2 aliphatic heterocycles. The molecule has 1 saturated carbocycles. The number of aliphatic hydroxyl groups excluding tert-OH is 1. The highest BCUT2D eigenvalue weighted by atomic mass is 16.5. The Morgan fingerprint density at radius 2 is 1.88 bits per heavy atom. The van der Waals surface area contributed by atoms with Gasteiger partial charge in [0.2, 0.25) is 5.91 Å². The quantitative estimate of drug-likeness (QED) is 0.885. The van der Waals surface area contributed by atoms with E-state index in [0.717, 1.165) is 38.0 Å². The Hall–Kier alpha value is -1.43. The molecule has 136 valence electrons. The van der Waals surface area contributed by atoms with E-state index in [-0.39, 0.29) is 24.7 Å². The topological polar surface area (TPSA) is 53.0 Å². The minimum atomic E-state index is -0.525. The molecule has 5 heteroatoms. The second-order valence-electron chi connectivity index (χ2n) is 7.71. The summed E-state index contributed by atoms with van der Waals surface area (Å²) >= 11 is 0. The van der Waals surface area contributed by atoms with E-state index in [4.69, 9.17) is 4.74 Å². The highest BCUT2D eigenvalue weighted by Crippen LogP contribution is 2.48. The van der Waals surface area contributed by atoms with Crippen LogP contribution in [0.25, 0.3) is 0 Å². The van der Waals surface area contributed by atoms with Gasteiger partial charge in [-0.05, 0) is 44.3 Å². The molecule has 2 heterocycles. The Labute approximate surface area is 149 Å². The maximum Gasteiger partial charge on any atom is 0.231 e. The van der Waals surface area contributed by atoms with Gasteiger partial charge < -0.3 is 19.6 Å². The van der Waals surface area contributed by atoms with Crippen LogP contribution in [-0.4, -0.2) is 66.3 Å². The highest BCUT2D eigenvalue weighted by molar-refractivity contribution is 5.86. The number of hydrogen-bond donors (Lipinski definition) is 1. The zero-order valence-electron chi connectivity index (χ0n) is 14.8. The average Bonchev–Trinajstić information content (AvgIpc) is 3.30. The smallest absolute Gasteiger partial charge is 0.231 e. The third-order valence-corrected chi connectivity index (χ3v) is 6.00. The molecule has 0 unspecified atom stereocenters. The number of morpholine rings is 1. The second kappa shape index (κ2) is 7.06. The maximum atomic E-state index is 13.2. The van der Waals surface area contributed by atoms with Crippen LogP contribution in [0.2, 0.25) is 0 Å². The van der Waals surface area contributed by atoms with Crippen molar-refractivity contribution >= 4 is 5.91 Å². The molecule has 2 saturated heterocycles. The van der Waals surface area contributed by atoms with Crippen molar-refractivity contribution in [3.63, 3.8) is 0 Å². The summed E-state index contributed by atoms with van der Waals surface area (Å²) in [5.41, 5.74) is 0.608. The molecule has 0 aromatic heterocycles. The Morgan fingerprint density at radius 3 is 2.52 bits per heavy atom. The minimum Gasteiger partial charge on any atom is -0.395 e. The molecular formula is C20H28N2O3. The van der Waals surface area contributed by atoms with Crippen LogP contribution in [0.3, 0.4) is 0 Å². The number of benzene rings is 1. The first-order chi connectivity index (χ1) is 12.2. The van der Waals surface area contributed by atoms with Crippen molar-refractivity contribution in [2.24, 2.45) is 5.41 Å². The number of ether oxygens (including phenoxy) is 1. The summed E-state index contributed by atoms with van der Waals surface area (Å²) in [5, 5.41) is 9.72. The molecule has 4 rings (SSSR count). The summed E-state index contributed by atoms with van der Waals surface area (Å²) in [7, 11) is 0. The molecule has 2 atom stereocenters. The number of aliphatic hydroxyl groups is 1. The van der Waals surface area contributed by atoms with E-state index in [9.17, 15) is 9.90 Å². The van der Waals surface area contributed by atoms with Gasteiger partial charge in [0.15, 0.2) is 0 Å². The maximum absolute atomic E-state index is 13.2. The van der Waals surface area contributed by atoms with Crippen LogP contribution < -0.4 is 0 Å². The van der Waals surface area contributed by atoms with Gasteiger partial charge in [0, 0.05) is 13.1 Å². The van der Waals surface area contributed by atoms with E-state index in [1.807, 2.05) is 23.1 Å². The monoisotopic (exact) mass is 344 g/mol. The van der Waals surface area contributed by atoms with E-state index in [1.54, 1.807) is 0 Å². The van der Waals surface area contributed by atoms with E-state index < -0.39 is 5.41 Å². The average molecular weight is 344 g/mol. The van der Waals surface area contributed by atoms with Gasteiger partial charge in [0.05, 0.1) is 30.8 Å². The minimum absolute atomic E-state index is 0.00677. The molecule has 1 aromatic carbocycles. The second-order valence-corrected chi connectivity index (χ2v) is 7.71. The lowest BCUT2D eigenvalue weighted by atomic mass is 9.95. The highest BCUT2D eigenvalue weighted by Gasteiger charge is 2.53. The molecule has 1 aliphatic carbocycles. The molecule has 0 spiro atoms. The summed E-state index contributed by atoms with van der Waals surface area (Å²) in [4.78, 5) is 17.6. The van der Waals surface area contributed by atoms with Gasteiger partial charge in [0.1, 0.15) is 0 Å². The Balaban J connectivity index is 1.61. The zero-order chi connectivity index (χ0) is 17.3. The summed E-state index contributed by atoms with van der Waals surface area (Å²) in [6.07, 6.45) is 4.10. The van der Waals surface area contributed by atoms with E-state index in [0.29, 0.717) is 13.2 Å². The molecule has 0 bridgehead atoms. The number of carbonyl (C=O) groups is 1. The largest absolute Gasteiger partial charge is 0.395 e. The molecule has 5 nitrogen and oxygen atoms in total. The predicted molar refractivity (Wildman–Crippen MR) is 95.1 cm³/mol. The van der Waals surface area contributed by atoms with Crippen LogP contribution in [-0.2, 0) is 9.53 Å². The van der Waals surface area contributed by atoms with Crippen LogP contribution in [0.15, 0.2) is 30.3 Å². The molecule has 25 heavy (non-hydrogen) atoms. The standard InChI is InChI=1S/C20H28N2O3/c23-15-20(8-9-20)19(24)22-12-13-25-17(14-21-10-4-5-11-21)18(22)16-6-2-1-3-7-16/h1-3,6-7,17-18,23H,4-5,8-15H2/t17-,18-/m0/s1. The Bertz CT molecular complexity index is 596. The lowest BCUT2D eigenvalue weighted by Gasteiger charge is -2.44. The number of hydrogen-bond acceptors (Lipinski definition) is 4. The van der Waals surface area contributed by atoms with Crippen LogP contribution >= 0.6 is 0 Å². The van der Waals surface area contributed by atoms with Crippen molar-refractivity contribution in [1.82, 2.24) is 9.80 Å². The molecular weight excluding hydrogens is 316 g/mol. The number of nitrogens with zero attached hydrogens (tertiary/aromatic N) is 2. The van der Waals surface area contributed by atoms with Gasteiger partial charge in [-0.1, -0.05) is 30.3 Å². The number of carbonyl (C=O) groups excluding carboxylic acids is 1. The Kier molecular flexibility index (Phi) is 4.80. The van der Waals surface area contributed by atoms with Crippen molar-refractivity contribution in [1.29, 1.82) is 0 Å². The summed E-state index contributed by atoms with van der Waals surface area (Å²) < 4.78 is 6.16. The first kappa shape index (κ1) is 17.0. The van der Waals surface area contributed by atoms with Crippen molar-refractivity contribution in [2.45, 2.75) is 37.8 Å². The van der Waals surface area contributed by atoms with Gasteiger partial charge >= 0.3 is 0 Å². The lowest BCUT2D eigenvalue weighted by molar-refractivity contribution is -0.155. The summed E-state index contributed by atoms with van der Waals surface area (Å²) in [6, 6.07) is 10.2. The first-order valence-electron chi connectivity index (χ1n) is 9.54. The fraction of sp³-hybridized carbons (Fsp3) is 0.650. The molecule has 1 amide bonds. The third-order valence-electron chi connectivity index (χ3n) is 6.00. The zero-order valence-corrected chi connectivity index (χ0v) is 14.8. The van der Waals surface area contributed by atoms with Crippen molar-refractivity contribution in [3.05, 3.63) is 35.9 Å². The van der Waals surface area contributed by atoms with E-state index >= 15 is 0 Å².